The van der Waals surface area contributed by atoms with E-state index in [1.165, 1.54) is 6.33 Å². The second kappa shape index (κ2) is 1.95. The monoisotopic (exact) mass is 155 g/mol. The van der Waals surface area contributed by atoms with Crippen molar-refractivity contribution >= 4 is 22.6 Å². The van der Waals surface area contributed by atoms with Crippen molar-refractivity contribution in [3.63, 3.8) is 0 Å². The van der Waals surface area contributed by atoms with E-state index in [2.05, 4.69) is 15.0 Å². The third kappa shape index (κ3) is 0.675. The van der Waals surface area contributed by atoms with Gasteiger partial charge in [0.1, 0.15) is 17.1 Å². The maximum absolute atomic E-state index is 5.73. The van der Waals surface area contributed by atoms with Crippen molar-refractivity contribution in [3.05, 3.63) is 23.7 Å². The fourth-order valence-corrected chi connectivity index (χ4v) is 1.04. The van der Waals surface area contributed by atoms with Crippen LogP contribution in [0.1, 0.15) is 0 Å². The minimum atomic E-state index is 0.492. The van der Waals surface area contributed by atoms with Gasteiger partial charge in [-0.3, -0.25) is 0 Å². The zero-order chi connectivity index (χ0) is 6.97. The van der Waals surface area contributed by atoms with E-state index in [1.807, 2.05) is 6.07 Å². The minimum absolute atomic E-state index is 0.492. The van der Waals surface area contributed by atoms with Crippen LogP contribution in [-0.4, -0.2) is 15.0 Å². The van der Waals surface area contributed by atoms with Crippen molar-refractivity contribution in [2.75, 3.05) is 0 Å². The number of hydrogen-bond acceptors (Lipinski definition) is 2. The third-order valence-electron chi connectivity index (χ3n) is 1.31. The van der Waals surface area contributed by atoms with E-state index < -0.39 is 0 Å². The SMILES string of the molecule is Clc1n[14cH]nc2[nH]ccc12. The van der Waals surface area contributed by atoms with Crippen LogP contribution in [0.5, 0.6) is 0 Å². The lowest BCUT2D eigenvalue weighted by Gasteiger charge is -1.88. The molecule has 2 rings (SSSR count). The highest BCUT2D eigenvalue weighted by Gasteiger charge is 1.98. The number of aromatic amines is 1. The van der Waals surface area contributed by atoms with Gasteiger partial charge in [-0.15, -0.1) is 0 Å². The van der Waals surface area contributed by atoms with Crippen LogP contribution in [0.25, 0.3) is 11.0 Å². The summed E-state index contributed by atoms with van der Waals surface area (Å²) in [6, 6.07) is 1.84. The fourth-order valence-electron chi connectivity index (χ4n) is 0.841. The Hall–Kier alpha value is -1.09. The number of H-pyrrole nitrogens is 1. The average Bonchev–Trinajstić information content (AvgIpc) is 2.36. The van der Waals surface area contributed by atoms with E-state index in [4.69, 9.17) is 11.6 Å². The summed E-state index contributed by atoms with van der Waals surface area (Å²) in [5.74, 6) is 0. The predicted molar refractivity (Wildman–Crippen MR) is 38.9 cm³/mol. The molecule has 0 aliphatic rings. The van der Waals surface area contributed by atoms with Crippen LogP contribution in [-0.2, 0) is 0 Å². The molecule has 10 heavy (non-hydrogen) atoms. The van der Waals surface area contributed by atoms with Crippen molar-refractivity contribution in [1.29, 1.82) is 0 Å². The second-order valence-electron chi connectivity index (χ2n) is 1.90. The molecule has 2 heterocycles. The molecule has 50 valence electrons. The van der Waals surface area contributed by atoms with E-state index in [1.54, 1.807) is 6.20 Å². The summed E-state index contributed by atoms with van der Waals surface area (Å²) >= 11 is 5.73. The zero-order valence-electron chi connectivity index (χ0n) is 5.00. The van der Waals surface area contributed by atoms with Gasteiger partial charge >= 0.3 is 0 Å². The molecule has 3 nitrogen and oxygen atoms in total. The smallest absolute Gasteiger partial charge is 0.142 e. The number of hydrogen-bond donors (Lipinski definition) is 1. The molecule has 0 fully saturated rings. The summed E-state index contributed by atoms with van der Waals surface area (Å²) in [5, 5.41) is 1.36. The van der Waals surface area contributed by atoms with Crippen molar-refractivity contribution in [1.82, 2.24) is 15.0 Å². The Bertz CT molecular complexity index is 355. The summed E-state index contributed by atoms with van der Waals surface area (Å²) in [4.78, 5) is 10.7. The number of rotatable bonds is 0. The molecule has 2 aromatic rings. The van der Waals surface area contributed by atoms with E-state index in [0.717, 1.165) is 11.0 Å². The molecule has 0 amide bonds. The first-order valence-electron chi connectivity index (χ1n) is 2.81. The highest BCUT2D eigenvalue weighted by molar-refractivity contribution is 6.33. The first kappa shape index (κ1) is 5.68. The molecule has 1 N–H and O–H groups in total. The quantitative estimate of drug-likeness (QED) is 0.588. The second-order valence-corrected chi connectivity index (χ2v) is 2.26. The standard InChI is InChI=1S/C6H4ClN3/c7-5-4-1-2-8-6(4)10-3-9-5/h1-3H,(H,8,9,10)/i3+2. The summed E-state index contributed by atoms with van der Waals surface area (Å²) < 4.78 is 0. The maximum Gasteiger partial charge on any atom is 0.142 e. The number of nitrogens with one attached hydrogen (secondary N) is 1. The Balaban J connectivity index is 2.95. The van der Waals surface area contributed by atoms with E-state index in [-0.39, 0.29) is 0 Å². The number of aromatic nitrogens is 3. The average molecular weight is 156 g/mol. The normalized spacial score (nSPS) is 10.5. The minimum Gasteiger partial charge on any atom is -0.346 e. The molecule has 0 radical (unpaired) electrons. The van der Waals surface area contributed by atoms with Crippen molar-refractivity contribution in [2.45, 2.75) is 0 Å². The third-order valence-corrected chi connectivity index (χ3v) is 1.61. The summed E-state index contributed by atoms with van der Waals surface area (Å²) in [6.07, 6.45) is 3.21. The van der Waals surface area contributed by atoms with Crippen molar-refractivity contribution in [3.8, 4) is 0 Å². The molecule has 0 saturated carbocycles. The van der Waals surface area contributed by atoms with Gasteiger partial charge in [0.2, 0.25) is 0 Å². The van der Waals surface area contributed by atoms with Crippen LogP contribution in [0.2, 0.25) is 5.15 Å². The molecule has 0 unspecified atom stereocenters. The van der Waals surface area contributed by atoms with Crippen molar-refractivity contribution < 1.29 is 0 Å². The fraction of sp³-hybridized carbons (Fsp3) is 0. The molecular formula is C6H4ClN3. The Morgan fingerprint density at radius 1 is 1.50 bits per heavy atom. The molecule has 0 spiro atoms. The maximum atomic E-state index is 5.73. The Kier molecular flexibility index (Phi) is 1.11. The molecule has 0 aromatic carbocycles. The molecular weight excluding hydrogens is 152 g/mol. The largest absolute Gasteiger partial charge is 0.346 e. The van der Waals surface area contributed by atoms with Gasteiger partial charge in [-0.2, -0.15) is 0 Å². The lowest BCUT2D eigenvalue weighted by molar-refractivity contribution is 1.20. The molecule has 0 saturated heterocycles. The Morgan fingerprint density at radius 3 is 3.20 bits per heavy atom. The molecule has 2 aromatic heterocycles. The van der Waals surface area contributed by atoms with Crippen LogP contribution in [0, 0.1) is 0 Å². The van der Waals surface area contributed by atoms with Gasteiger partial charge in [-0.25, -0.2) is 9.97 Å². The Labute approximate surface area is 62.1 Å². The Morgan fingerprint density at radius 2 is 2.40 bits per heavy atom. The number of nitrogens with zero attached hydrogens (tertiary/aromatic N) is 2. The van der Waals surface area contributed by atoms with Gasteiger partial charge in [0.15, 0.2) is 0 Å². The van der Waals surface area contributed by atoms with E-state index >= 15 is 0 Å². The van der Waals surface area contributed by atoms with Crippen LogP contribution < -0.4 is 0 Å². The van der Waals surface area contributed by atoms with Gasteiger partial charge in [-0.05, 0) is 6.07 Å². The topological polar surface area (TPSA) is 41.6 Å². The van der Waals surface area contributed by atoms with Crippen LogP contribution in [0.3, 0.4) is 0 Å². The lowest BCUT2D eigenvalue weighted by atomic mass is 10.4. The molecule has 0 atom stereocenters. The van der Waals surface area contributed by atoms with Gasteiger partial charge in [0.25, 0.3) is 0 Å². The number of halogens is 1. The van der Waals surface area contributed by atoms with Gasteiger partial charge in [-0.1, -0.05) is 11.6 Å². The van der Waals surface area contributed by atoms with E-state index in [0.29, 0.717) is 5.15 Å². The highest BCUT2D eigenvalue weighted by atomic mass is 35.5. The van der Waals surface area contributed by atoms with Crippen LogP contribution in [0.4, 0.5) is 0 Å². The van der Waals surface area contributed by atoms with Gasteiger partial charge in [0, 0.05) is 6.20 Å². The predicted octanol–water partition coefficient (Wildman–Crippen LogP) is 1.61. The first-order valence-corrected chi connectivity index (χ1v) is 3.19. The molecule has 4 heteroatoms. The van der Waals surface area contributed by atoms with Gasteiger partial charge < -0.3 is 4.98 Å². The summed E-state index contributed by atoms with van der Waals surface area (Å²) in [6.45, 7) is 0. The zero-order valence-corrected chi connectivity index (χ0v) is 5.76. The van der Waals surface area contributed by atoms with Crippen molar-refractivity contribution in [2.24, 2.45) is 0 Å². The summed E-state index contributed by atoms with van der Waals surface area (Å²) in [7, 11) is 0. The molecule has 0 aliphatic carbocycles. The number of fused-ring (bicyclic) bond motifs is 1. The van der Waals surface area contributed by atoms with Crippen LogP contribution in [0.15, 0.2) is 18.6 Å². The van der Waals surface area contributed by atoms with E-state index in [9.17, 15) is 0 Å². The molecule has 0 aliphatic heterocycles. The molecule has 0 bridgehead atoms. The van der Waals surface area contributed by atoms with Gasteiger partial charge in [0.05, 0.1) is 5.39 Å². The van der Waals surface area contributed by atoms with Crippen LogP contribution >= 0.6 is 11.6 Å². The highest BCUT2D eigenvalue weighted by Crippen LogP contribution is 2.16. The summed E-state index contributed by atoms with van der Waals surface area (Å²) in [5.41, 5.74) is 0.778. The first-order chi connectivity index (χ1) is 4.88. The lowest BCUT2D eigenvalue weighted by Crippen LogP contribution is -1.79.